The van der Waals surface area contributed by atoms with E-state index in [9.17, 15) is 19.2 Å². The normalized spacial score (nSPS) is 19.4. The first-order valence-electron chi connectivity index (χ1n) is 5.12. The zero-order chi connectivity index (χ0) is 12.4. The molecule has 0 radical (unpaired) electrons. The monoisotopic (exact) mass is 238 g/mol. The summed E-state index contributed by atoms with van der Waals surface area (Å²) >= 11 is 0. The summed E-state index contributed by atoms with van der Waals surface area (Å²) in [5.74, 6) is -2.18. The minimum Gasteiger partial charge on any atom is -0.336 e. The molecule has 0 aliphatic carbocycles. The van der Waals surface area contributed by atoms with Crippen LogP contribution in [0.2, 0.25) is 0 Å². The summed E-state index contributed by atoms with van der Waals surface area (Å²) in [4.78, 5) is 50.4. The van der Waals surface area contributed by atoms with Crippen molar-refractivity contribution in [1.82, 2.24) is 9.96 Å². The van der Waals surface area contributed by atoms with Crippen LogP contribution in [0.15, 0.2) is 12.2 Å². The number of carbonyl (C=O) groups excluding carboxylic acids is 4. The van der Waals surface area contributed by atoms with Crippen LogP contribution < -0.4 is 0 Å². The zero-order valence-corrected chi connectivity index (χ0v) is 8.92. The molecule has 0 aromatic carbocycles. The number of rotatable bonds is 3. The van der Waals surface area contributed by atoms with Gasteiger partial charge in [0, 0.05) is 18.6 Å². The summed E-state index contributed by atoms with van der Waals surface area (Å²) in [6, 6.07) is 0. The first-order chi connectivity index (χ1) is 8.08. The molecule has 0 aromatic rings. The maximum Gasteiger partial charge on any atom is 0.352 e. The van der Waals surface area contributed by atoms with E-state index in [2.05, 4.69) is 0 Å². The summed E-state index contributed by atoms with van der Waals surface area (Å²) in [6.45, 7) is -0.126. The number of hydrogen-bond donors (Lipinski definition) is 0. The van der Waals surface area contributed by atoms with Crippen molar-refractivity contribution < 1.29 is 24.0 Å². The standard InChI is InChI=1S/C10H10N2O5/c13-7-3-4-8(14)11(7)6-10(16)17-12-5-1-2-9(12)15/h3-4H,1-2,5-6H2. The number of hydroxylamine groups is 2. The van der Waals surface area contributed by atoms with Crippen LogP contribution >= 0.6 is 0 Å². The van der Waals surface area contributed by atoms with Crippen LogP contribution in [0.3, 0.4) is 0 Å². The Kier molecular flexibility index (Phi) is 2.90. The Hall–Kier alpha value is -2.18. The molecule has 0 saturated carbocycles. The Balaban J connectivity index is 1.87. The smallest absolute Gasteiger partial charge is 0.336 e. The molecule has 0 spiro atoms. The van der Waals surface area contributed by atoms with E-state index in [1.165, 1.54) is 0 Å². The number of imide groups is 1. The lowest BCUT2D eigenvalue weighted by molar-refractivity contribution is -0.194. The fourth-order valence-electron chi connectivity index (χ4n) is 1.59. The predicted molar refractivity (Wildman–Crippen MR) is 52.9 cm³/mol. The molecule has 2 rings (SSSR count). The molecule has 2 aliphatic heterocycles. The zero-order valence-electron chi connectivity index (χ0n) is 8.92. The lowest BCUT2D eigenvalue weighted by Gasteiger charge is -2.17. The molecule has 0 atom stereocenters. The summed E-state index contributed by atoms with van der Waals surface area (Å²) in [5, 5.41) is 0.959. The largest absolute Gasteiger partial charge is 0.352 e. The maximum absolute atomic E-state index is 11.4. The van der Waals surface area contributed by atoms with E-state index < -0.39 is 24.3 Å². The van der Waals surface area contributed by atoms with E-state index in [-0.39, 0.29) is 5.91 Å². The summed E-state index contributed by atoms with van der Waals surface area (Å²) < 4.78 is 0. The molecular weight excluding hydrogens is 228 g/mol. The van der Waals surface area contributed by atoms with Crippen LogP contribution in [-0.4, -0.2) is 46.7 Å². The second-order valence-electron chi connectivity index (χ2n) is 3.66. The van der Waals surface area contributed by atoms with Crippen molar-refractivity contribution in [2.45, 2.75) is 12.8 Å². The molecular formula is C10H10N2O5. The highest BCUT2D eigenvalue weighted by molar-refractivity contribution is 6.14. The summed E-state index contributed by atoms with van der Waals surface area (Å²) in [5.41, 5.74) is 0. The van der Waals surface area contributed by atoms with Crippen molar-refractivity contribution in [1.29, 1.82) is 0 Å². The van der Waals surface area contributed by atoms with Gasteiger partial charge in [-0.1, -0.05) is 0 Å². The molecule has 2 heterocycles. The quantitative estimate of drug-likeness (QED) is 0.588. The third-order valence-corrected chi connectivity index (χ3v) is 2.43. The number of carbonyl (C=O) groups is 4. The van der Waals surface area contributed by atoms with E-state index in [0.717, 1.165) is 22.1 Å². The van der Waals surface area contributed by atoms with Gasteiger partial charge < -0.3 is 4.84 Å². The molecule has 1 saturated heterocycles. The molecule has 17 heavy (non-hydrogen) atoms. The minimum atomic E-state index is -0.800. The van der Waals surface area contributed by atoms with E-state index in [4.69, 9.17) is 4.84 Å². The Morgan fingerprint density at radius 2 is 1.88 bits per heavy atom. The van der Waals surface area contributed by atoms with Crippen molar-refractivity contribution in [2.24, 2.45) is 0 Å². The lowest BCUT2D eigenvalue weighted by Crippen LogP contribution is -2.39. The number of hydrogen-bond acceptors (Lipinski definition) is 5. The highest BCUT2D eigenvalue weighted by Gasteiger charge is 2.29. The van der Waals surface area contributed by atoms with Gasteiger partial charge in [-0.2, -0.15) is 5.06 Å². The summed E-state index contributed by atoms with van der Waals surface area (Å²) in [7, 11) is 0. The van der Waals surface area contributed by atoms with Crippen LogP contribution in [0.4, 0.5) is 0 Å². The van der Waals surface area contributed by atoms with Crippen LogP contribution in [0.5, 0.6) is 0 Å². The Morgan fingerprint density at radius 1 is 1.24 bits per heavy atom. The molecule has 0 aromatic heterocycles. The van der Waals surface area contributed by atoms with E-state index in [1.807, 2.05) is 0 Å². The Labute approximate surface area is 96.6 Å². The van der Waals surface area contributed by atoms with Crippen molar-refractivity contribution in [3.8, 4) is 0 Å². The van der Waals surface area contributed by atoms with Crippen LogP contribution in [-0.2, 0) is 24.0 Å². The highest BCUT2D eigenvalue weighted by atomic mass is 16.7. The van der Waals surface area contributed by atoms with Crippen LogP contribution in [0.25, 0.3) is 0 Å². The topological polar surface area (TPSA) is 84.0 Å². The third kappa shape index (κ3) is 2.32. The third-order valence-electron chi connectivity index (χ3n) is 2.43. The van der Waals surface area contributed by atoms with Gasteiger partial charge in [-0.25, -0.2) is 4.79 Å². The molecule has 2 aliphatic rings. The van der Waals surface area contributed by atoms with Gasteiger partial charge in [0.05, 0.1) is 6.54 Å². The van der Waals surface area contributed by atoms with E-state index >= 15 is 0 Å². The molecule has 0 N–H and O–H groups in total. The van der Waals surface area contributed by atoms with Gasteiger partial charge in [0.25, 0.3) is 17.7 Å². The van der Waals surface area contributed by atoms with Crippen LogP contribution in [0, 0.1) is 0 Å². The Bertz CT molecular complexity index is 410. The molecule has 0 bridgehead atoms. The molecule has 90 valence electrons. The number of nitrogens with zero attached hydrogens (tertiary/aromatic N) is 2. The van der Waals surface area contributed by atoms with Crippen molar-refractivity contribution in [3.63, 3.8) is 0 Å². The fourth-order valence-corrected chi connectivity index (χ4v) is 1.59. The van der Waals surface area contributed by atoms with E-state index in [0.29, 0.717) is 19.4 Å². The average molecular weight is 238 g/mol. The number of amides is 3. The maximum atomic E-state index is 11.4. The highest BCUT2D eigenvalue weighted by Crippen LogP contribution is 2.11. The average Bonchev–Trinajstić information content (AvgIpc) is 2.80. The lowest BCUT2D eigenvalue weighted by atomic mass is 10.4. The SMILES string of the molecule is O=C(CN1C(=O)C=CC1=O)ON1CCCC1=O. The summed E-state index contributed by atoms with van der Waals surface area (Å²) in [6.07, 6.45) is 3.14. The second-order valence-corrected chi connectivity index (χ2v) is 3.66. The molecule has 7 heteroatoms. The van der Waals surface area contributed by atoms with Crippen molar-refractivity contribution in [3.05, 3.63) is 12.2 Å². The first-order valence-corrected chi connectivity index (χ1v) is 5.12. The Morgan fingerprint density at radius 3 is 2.41 bits per heavy atom. The van der Waals surface area contributed by atoms with Crippen molar-refractivity contribution in [2.75, 3.05) is 13.1 Å². The van der Waals surface area contributed by atoms with Gasteiger partial charge in [-0.05, 0) is 6.42 Å². The molecule has 3 amide bonds. The molecule has 1 fully saturated rings. The van der Waals surface area contributed by atoms with Crippen LogP contribution in [0.1, 0.15) is 12.8 Å². The van der Waals surface area contributed by atoms with Gasteiger partial charge in [0.2, 0.25) is 0 Å². The predicted octanol–water partition coefficient (Wildman–Crippen LogP) is -1.01. The minimum absolute atomic E-state index is 0.268. The van der Waals surface area contributed by atoms with Gasteiger partial charge in [0.15, 0.2) is 0 Å². The molecule has 0 unspecified atom stereocenters. The first kappa shape index (κ1) is 11.3. The van der Waals surface area contributed by atoms with Crippen molar-refractivity contribution >= 4 is 23.7 Å². The van der Waals surface area contributed by atoms with Gasteiger partial charge in [-0.15, -0.1) is 0 Å². The van der Waals surface area contributed by atoms with Gasteiger partial charge >= 0.3 is 5.97 Å². The fraction of sp³-hybridized carbons (Fsp3) is 0.400. The van der Waals surface area contributed by atoms with Gasteiger partial charge in [0.1, 0.15) is 6.54 Å². The second kappa shape index (κ2) is 4.36. The molecule has 7 nitrogen and oxygen atoms in total. The van der Waals surface area contributed by atoms with E-state index in [1.54, 1.807) is 0 Å². The van der Waals surface area contributed by atoms with Gasteiger partial charge in [-0.3, -0.25) is 19.3 Å².